The molecular weight excluding hydrogens is 216 g/mol. The van der Waals surface area contributed by atoms with Gasteiger partial charge < -0.3 is 0 Å². The fourth-order valence-electron chi connectivity index (χ4n) is 1.86. The molecule has 0 bridgehead atoms. The largest absolute Gasteiger partial charge is 0.269 e. The zero-order chi connectivity index (χ0) is 11.8. The molecule has 0 radical (unpaired) electrons. The number of hydrogen-bond donors (Lipinski definition) is 0. The Bertz CT molecular complexity index is 643. The van der Waals surface area contributed by atoms with E-state index in [0.29, 0.717) is 5.69 Å². The molecule has 0 fully saturated rings. The first kappa shape index (κ1) is 9.72. The number of pyridine rings is 1. The van der Waals surface area contributed by atoms with Crippen molar-refractivity contribution in [2.45, 2.75) is 0 Å². The summed E-state index contributed by atoms with van der Waals surface area (Å²) >= 11 is 0. The number of imide groups is 1. The van der Waals surface area contributed by atoms with Gasteiger partial charge in [-0.2, -0.15) is 0 Å². The van der Waals surface area contributed by atoms with Gasteiger partial charge in [0.2, 0.25) is 0 Å². The van der Waals surface area contributed by atoms with Gasteiger partial charge in [0.1, 0.15) is 0 Å². The first-order chi connectivity index (χ1) is 8.25. The lowest BCUT2D eigenvalue weighted by molar-refractivity contribution is -0.119. The van der Waals surface area contributed by atoms with Gasteiger partial charge in [-0.05, 0) is 24.3 Å². The summed E-state index contributed by atoms with van der Waals surface area (Å²) in [6, 6.07) is 9.01. The Morgan fingerprint density at radius 3 is 2.53 bits per heavy atom. The van der Waals surface area contributed by atoms with E-state index in [-0.39, 0.29) is 11.8 Å². The number of nitrogens with zero attached hydrogens (tertiary/aromatic N) is 2. The normalized spacial score (nSPS) is 14.9. The highest BCUT2D eigenvalue weighted by Crippen LogP contribution is 2.23. The van der Waals surface area contributed by atoms with Crippen molar-refractivity contribution in [2.24, 2.45) is 0 Å². The molecule has 2 aromatic rings. The van der Waals surface area contributed by atoms with Gasteiger partial charge in [-0.25, -0.2) is 4.90 Å². The van der Waals surface area contributed by atoms with E-state index in [0.717, 1.165) is 15.8 Å². The number of hydrogen-bond acceptors (Lipinski definition) is 3. The molecule has 1 aliphatic heterocycles. The fraction of sp³-hybridized carbons (Fsp3) is 0. The van der Waals surface area contributed by atoms with Gasteiger partial charge in [-0.3, -0.25) is 14.6 Å². The quantitative estimate of drug-likeness (QED) is 0.692. The molecule has 2 amide bonds. The molecule has 1 aromatic heterocycles. The van der Waals surface area contributed by atoms with Crippen LogP contribution in [0, 0.1) is 0 Å². The Morgan fingerprint density at radius 2 is 1.76 bits per heavy atom. The first-order valence-corrected chi connectivity index (χ1v) is 5.16. The molecule has 0 saturated carbocycles. The Kier molecular flexibility index (Phi) is 2.01. The van der Waals surface area contributed by atoms with Crippen molar-refractivity contribution >= 4 is 28.4 Å². The number of carbonyl (C=O) groups is 2. The zero-order valence-corrected chi connectivity index (χ0v) is 8.83. The lowest BCUT2D eigenvalue weighted by Gasteiger charge is -2.14. The maximum Gasteiger partial charge on any atom is 0.258 e. The number of carbonyl (C=O) groups excluding carboxylic acids is 2. The van der Waals surface area contributed by atoms with Crippen molar-refractivity contribution in [3.05, 3.63) is 48.7 Å². The van der Waals surface area contributed by atoms with Crippen LogP contribution >= 0.6 is 0 Å². The van der Waals surface area contributed by atoms with E-state index >= 15 is 0 Å². The molecule has 0 saturated heterocycles. The Balaban J connectivity index is 2.12. The van der Waals surface area contributed by atoms with Gasteiger partial charge in [-0.15, -0.1) is 0 Å². The standard InChI is InChI=1S/C13H8N2O2/c16-12-5-6-13(17)15(12)10-3-4-11-9(8-10)2-1-7-14-11/h1-8H. The fourth-order valence-corrected chi connectivity index (χ4v) is 1.86. The molecule has 4 nitrogen and oxygen atoms in total. The van der Waals surface area contributed by atoms with Crippen LogP contribution in [0.2, 0.25) is 0 Å². The number of amides is 2. The summed E-state index contributed by atoms with van der Waals surface area (Å²) in [6.45, 7) is 0. The predicted octanol–water partition coefficient (Wildman–Crippen LogP) is 1.66. The van der Waals surface area contributed by atoms with Crippen molar-refractivity contribution in [3.8, 4) is 0 Å². The SMILES string of the molecule is O=C1C=CC(=O)N1c1ccc2ncccc2c1. The Labute approximate surface area is 97.2 Å². The minimum absolute atomic E-state index is 0.307. The van der Waals surface area contributed by atoms with Gasteiger partial charge in [0.05, 0.1) is 11.2 Å². The van der Waals surface area contributed by atoms with E-state index in [2.05, 4.69) is 4.98 Å². The van der Waals surface area contributed by atoms with Crippen LogP contribution in [0.3, 0.4) is 0 Å². The van der Waals surface area contributed by atoms with Gasteiger partial charge in [-0.1, -0.05) is 6.07 Å². The predicted molar refractivity (Wildman–Crippen MR) is 63.4 cm³/mol. The van der Waals surface area contributed by atoms with Gasteiger partial charge in [0.25, 0.3) is 11.8 Å². The van der Waals surface area contributed by atoms with Crippen molar-refractivity contribution in [1.29, 1.82) is 0 Å². The highest BCUT2D eigenvalue weighted by atomic mass is 16.2. The van der Waals surface area contributed by atoms with Crippen molar-refractivity contribution in [2.75, 3.05) is 4.90 Å². The van der Waals surface area contributed by atoms with Crippen LogP contribution in [0.4, 0.5) is 5.69 Å². The van der Waals surface area contributed by atoms with Crippen LogP contribution in [0.15, 0.2) is 48.7 Å². The summed E-state index contributed by atoms with van der Waals surface area (Å²) in [5, 5.41) is 0.900. The number of benzene rings is 1. The van der Waals surface area contributed by atoms with Crippen molar-refractivity contribution < 1.29 is 9.59 Å². The third-order valence-corrected chi connectivity index (χ3v) is 2.65. The van der Waals surface area contributed by atoms with Crippen molar-refractivity contribution in [3.63, 3.8) is 0 Å². The van der Waals surface area contributed by atoms with Crippen molar-refractivity contribution in [1.82, 2.24) is 4.98 Å². The highest BCUT2D eigenvalue weighted by Gasteiger charge is 2.24. The minimum atomic E-state index is -0.307. The Morgan fingerprint density at radius 1 is 1.00 bits per heavy atom. The van der Waals surface area contributed by atoms with E-state index in [1.54, 1.807) is 24.4 Å². The third-order valence-electron chi connectivity index (χ3n) is 2.65. The molecule has 0 aliphatic carbocycles. The maximum absolute atomic E-state index is 11.5. The molecule has 2 heterocycles. The molecule has 0 unspecified atom stereocenters. The van der Waals surface area contributed by atoms with Crippen LogP contribution in [0.5, 0.6) is 0 Å². The molecule has 4 heteroatoms. The van der Waals surface area contributed by atoms with E-state index in [1.165, 1.54) is 12.2 Å². The molecule has 3 rings (SSSR count). The van der Waals surface area contributed by atoms with Crippen LogP contribution in [0.1, 0.15) is 0 Å². The van der Waals surface area contributed by atoms with Crippen LogP contribution in [0.25, 0.3) is 10.9 Å². The van der Waals surface area contributed by atoms with Crippen LogP contribution < -0.4 is 4.90 Å². The van der Waals surface area contributed by atoms with Gasteiger partial charge >= 0.3 is 0 Å². The summed E-state index contributed by atoms with van der Waals surface area (Å²) in [5.41, 5.74) is 1.41. The second kappa shape index (κ2) is 3.52. The summed E-state index contributed by atoms with van der Waals surface area (Å²) in [4.78, 5) is 28.4. The van der Waals surface area contributed by atoms with Crippen LogP contribution in [-0.2, 0) is 9.59 Å². The van der Waals surface area contributed by atoms with Crippen LogP contribution in [-0.4, -0.2) is 16.8 Å². The molecule has 82 valence electrons. The first-order valence-electron chi connectivity index (χ1n) is 5.16. The molecule has 0 N–H and O–H groups in total. The third kappa shape index (κ3) is 1.50. The summed E-state index contributed by atoms with van der Waals surface area (Å²) < 4.78 is 0. The maximum atomic E-state index is 11.5. The lowest BCUT2D eigenvalue weighted by Crippen LogP contribution is -2.29. The molecule has 0 spiro atoms. The second-order valence-electron chi connectivity index (χ2n) is 3.73. The van der Waals surface area contributed by atoms with E-state index in [4.69, 9.17) is 0 Å². The van der Waals surface area contributed by atoms with E-state index < -0.39 is 0 Å². The molecule has 1 aromatic carbocycles. The molecular formula is C13H8N2O2. The molecule has 0 atom stereocenters. The smallest absolute Gasteiger partial charge is 0.258 e. The van der Waals surface area contributed by atoms with E-state index in [9.17, 15) is 9.59 Å². The lowest BCUT2D eigenvalue weighted by atomic mass is 10.2. The number of aromatic nitrogens is 1. The summed E-state index contributed by atoms with van der Waals surface area (Å²) in [5.74, 6) is -0.614. The average Bonchev–Trinajstić information content (AvgIpc) is 2.68. The average molecular weight is 224 g/mol. The summed E-state index contributed by atoms with van der Waals surface area (Å²) in [7, 11) is 0. The zero-order valence-electron chi connectivity index (χ0n) is 8.83. The van der Waals surface area contributed by atoms with E-state index in [1.807, 2.05) is 12.1 Å². The molecule has 1 aliphatic rings. The summed E-state index contributed by atoms with van der Waals surface area (Å²) in [6.07, 6.45) is 4.25. The highest BCUT2D eigenvalue weighted by molar-refractivity contribution is 6.28. The minimum Gasteiger partial charge on any atom is -0.269 e. The Hall–Kier alpha value is -2.49. The number of anilines is 1. The number of fused-ring (bicyclic) bond motifs is 1. The molecule has 17 heavy (non-hydrogen) atoms. The second-order valence-corrected chi connectivity index (χ2v) is 3.73. The topological polar surface area (TPSA) is 50.3 Å². The monoisotopic (exact) mass is 224 g/mol. The number of rotatable bonds is 1. The van der Waals surface area contributed by atoms with Gasteiger partial charge in [0, 0.05) is 23.7 Å². The van der Waals surface area contributed by atoms with Gasteiger partial charge in [0.15, 0.2) is 0 Å².